The number of benzene rings is 1. The van der Waals surface area contributed by atoms with E-state index in [0.29, 0.717) is 44.0 Å². The lowest BCUT2D eigenvalue weighted by atomic mass is 9.76. The van der Waals surface area contributed by atoms with Crippen molar-refractivity contribution < 1.29 is 18.8 Å². The van der Waals surface area contributed by atoms with Gasteiger partial charge in [0.1, 0.15) is 5.82 Å². The van der Waals surface area contributed by atoms with E-state index in [9.17, 15) is 18.8 Å². The van der Waals surface area contributed by atoms with Gasteiger partial charge in [-0.3, -0.25) is 4.79 Å². The van der Waals surface area contributed by atoms with E-state index in [4.69, 9.17) is 0 Å². The Hall–Kier alpha value is -2.84. The van der Waals surface area contributed by atoms with Crippen LogP contribution in [-0.2, 0) is 11.3 Å². The molecule has 9 heteroatoms. The monoisotopic (exact) mass is 457 g/mol. The van der Waals surface area contributed by atoms with E-state index >= 15 is 0 Å². The number of carbonyl (C=O) groups excluding carboxylic acids is 3. The molecule has 4 aliphatic rings. The van der Waals surface area contributed by atoms with Crippen LogP contribution >= 0.6 is 0 Å². The molecule has 4 fully saturated rings. The molecule has 2 aliphatic heterocycles. The minimum absolute atomic E-state index is 0.0138. The first-order valence-electron chi connectivity index (χ1n) is 12.0. The zero-order valence-electron chi connectivity index (χ0n) is 19.0. The normalized spacial score (nSPS) is 26.8. The van der Waals surface area contributed by atoms with Crippen molar-refractivity contribution >= 4 is 18.0 Å². The van der Waals surface area contributed by atoms with Crippen LogP contribution in [0.2, 0.25) is 0 Å². The molecule has 2 saturated carbocycles. The third-order valence-electron chi connectivity index (χ3n) is 7.45. The summed E-state index contributed by atoms with van der Waals surface area (Å²) in [5, 5.41) is 8.49. The van der Waals surface area contributed by atoms with E-state index in [-0.39, 0.29) is 47.8 Å². The summed E-state index contributed by atoms with van der Waals surface area (Å²) in [6.07, 6.45) is 5.08. The fourth-order valence-corrected chi connectivity index (χ4v) is 5.48. The summed E-state index contributed by atoms with van der Waals surface area (Å²) >= 11 is 0. The number of hydrogen-bond acceptors (Lipinski definition) is 3. The van der Waals surface area contributed by atoms with Crippen LogP contribution in [0.3, 0.4) is 0 Å². The van der Waals surface area contributed by atoms with E-state index in [1.54, 1.807) is 24.1 Å². The highest BCUT2D eigenvalue weighted by Crippen LogP contribution is 2.41. The highest BCUT2D eigenvalue weighted by Gasteiger charge is 2.50. The summed E-state index contributed by atoms with van der Waals surface area (Å²) < 4.78 is 14.6. The summed E-state index contributed by atoms with van der Waals surface area (Å²) in [7, 11) is 1.59. The van der Waals surface area contributed by atoms with Gasteiger partial charge >= 0.3 is 12.1 Å². The molecule has 0 radical (unpaired) electrons. The van der Waals surface area contributed by atoms with Crippen LogP contribution in [0.25, 0.3) is 0 Å². The number of urea groups is 2. The Morgan fingerprint density at radius 1 is 1.24 bits per heavy atom. The SMILES string of the molecule is CNC(=O)N1CC(N(C(=O)NCc2ccc(C3CC3)cc2F)C2CC2)CC2(CNC(=O)C2)C1. The second kappa shape index (κ2) is 8.50. The molecule has 2 atom stereocenters. The van der Waals surface area contributed by atoms with Crippen molar-refractivity contribution in [3.8, 4) is 0 Å². The molecule has 2 unspecified atom stereocenters. The molecule has 2 heterocycles. The lowest BCUT2D eigenvalue weighted by Crippen LogP contribution is -2.61. The number of halogens is 1. The van der Waals surface area contributed by atoms with Crippen molar-refractivity contribution in [1.29, 1.82) is 0 Å². The molecule has 1 aromatic rings. The molecule has 1 spiro atoms. The summed E-state index contributed by atoms with van der Waals surface area (Å²) in [6, 6.07) is 4.79. The van der Waals surface area contributed by atoms with Gasteiger partial charge in [0.15, 0.2) is 0 Å². The van der Waals surface area contributed by atoms with Crippen molar-refractivity contribution in [3.05, 3.63) is 35.1 Å². The third kappa shape index (κ3) is 4.63. The second-order valence-electron chi connectivity index (χ2n) is 10.2. The molecule has 8 nitrogen and oxygen atoms in total. The molecule has 178 valence electrons. The van der Waals surface area contributed by atoms with E-state index in [2.05, 4.69) is 16.0 Å². The Bertz CT molecular complexity index is 963. The zero-order chi connectivity index (χ0) is 23.2. The van der Waals surface area contributed by atoms with Crippen LogP contribution in [-0.4, -0.2) is 66.5 Å². The van der Waals surface area contributed by atoms with Crippen LogP contribution in [0.4, 0.5) is 14.0 Å². The van der Waals surface area contributed by atoms with Crippen LogP contribution in [0.5, 0.6) is 0 Å². The average Bonchev–Trinajstić information content (AvgIpc) is 3.71. The Labute approximate surface area is 193 Å². The Balaban J connectivity index is 1.30. The van der Waals surface area contributed by atoms with E-state index < -0.39 is 0 Å². The Morgan fingerprint density at radius 2 is 2.03 bits per heavy atom. The zero-order valence-corrected chi connectivity index (χ0v) is 19.0. The number of piperidine rings is 1. The van der Waals surface area contributed by atoms with Crippen molar-refractivity contribution in [2.24, 2.45) is 5.41 Å². The predicted molar refractivity (Wildman–Crippen MR) is 120 cm³/mol. The number of likely N-dealkylation sites (tertiary alicyclic amines) is 1. The molecule has 0 bridgehead atoms. The highest BCUT2D eigenvalue weighted by atomic mass is 19.1. The van der Waals surface area contributed by atoms with Gasteiger partial charge in [0.25, 0.3) is 0 Å². The number of rotatable bonds is 5. The maximum Gasteiger partial charge on any atom is 0.318 e. The number of nitrogens with zero attached hydrogens (tertiary/aromatic N) is 2. The smallest absolute Gasteiger partial charge is 0.318 e. The van der Waals surface area contributed by atoms with Crippen LogP contribution in [0.15, 0.2) is 18.2 Å². The minimum Gasteiger partial charge on any atom is -0.355 e. The van der Waals surface area contributed by atoms with E-state index in [0.717, 1.165) is 31.2 Å². The van der Waals surface area contributed by atoms with Crippen molar-refractivity contribution in [2.45, 2.75) is 63.1 Å². The highest BCUT2D eigenvalue weighted by molar-refractivity contribution is 5.80. The lowest BCUT2D eigenvalue weighted by Gasteiger charge is -2.47. The summed E-state index contributed by atoms with van der Waals surface area (Å²) in [5.41, 5.74) is 1.13. The minimum atomic E-state index is -0.370. The predicted octanol–water partition coefficient (Wildman–Crippen LogP) is 2.30. The first-order chi connectivity index (χ1) is 15.9. The molecule has 33 heavy (non-hydrogen) atoms. The fourth-order valence-electron chi connectivity index (χ4n) is 5.48. The van der Waals surface area contributed by atoms with Crippen molar-refractivity contribution in [3.63, 3.8) is 0 Å². The average molecular weight is 458 g/mol. The Kier molecular flexibility index (Phi) is 5.66. The first kappa shape index (κ1) is 22.0. The van der Waals surface area contributed by atoms with Gasteiger partial charge in [0.2, 0.25) is 5.91 Å². The second-order valence-corrected chi connectivity index (χ2v) is 10.2. The summed E-state index contributed by atoms with van der Waals surface area (Å²) in [4.78, 5) is 41.4. The number of carbonyl (C=O) groups is 3. The lowest BCUT2D eigenvalue weighted by molar-refractivity contribution is -0.120. The van der Waals surface area contributed by atoms with Gasteiger partial charge < -0.3 is 25.8 Å². The van der Waals surface area contributed by atoms with E-state index in [1.165, 1.54) is 0 Å². The van der Waals surface area contributed by atoms with Crippen LogP contribution < -0.4 is 16.0 Å². The van der Waals surface area contributed by atoms with Crippen molar-refractivity contribution in [2.75, 3.05) is 26.7 Å². The standard InChI is InChI=1S/C24H32FN5O3/c1-26-22(32)29-12-19(9-24(14-29)10-21(31)28-13-24)30(18-6-7-18)23(33)27-11-17-5-4-16(8-20(17)25)15-2-3-15/h4-5,8,15,18-19H,2-3,6-7,9-14H2,1H3,(H,26,32)(H,27,33)(H,28,31). The quantitative estimate of drug-likeness (QED) is 0.633. The van der Waals surface area contributed by atoms with Gasteiger partial charge in [-0.05, 0) is 49.7 Å². The van der Waals surface area contributed by atoms with E-state index in [1.807, 2.05) is 11.0 Å². The fraction of sp³-hybridized carbons (Fsp3) is 0.625. The first-order valence-corrected chi connectivity index (χ1v) is 12.0. The molecule has 2 aliphatic carbocycles. The Morgan fingerprint density at radius 3 is 2.64 bits per heavy atom. The molecule has 5 rings (SSSR count). The maximum atomic E-state index is 14.6. The molecular formula is C24H32FN5O3. The van der Waals surface area contributed by atoms with Gasteiger partial charge in [-0.1, -0.05) is 12.1 Å². The molecule has 5 amide bonds. The summed E-state index contributed by atoms with van der Waals surface area (Å²) in [6.45, 7) is 1.54. The number of amides is 5. The largest absolute Gasteiger partial charge is 0.355 e. The molecular weight excluding hydrogens is 425 g/mol. The van der Waals surface area contributed by atoms with Crippen LogP contribution in [0.1, 0.15) is 55.6 Å². The van der Waals surface area contributed by atoms with Gasteiger partial charge in [-0.25, -0.2) is 14.0 Å². The topological polar surface area (TPSA) is 93.8 Å². The molecule has 0 aromatic heterocycles. The van der Waals surface area contributed by atoms with Gasteiger partial charge in [0.05, 0.1) is 6.04 Å². The summed E-state index contributed by atoms with van der Waals surface area (Å²) in [5.74, 6) is 0.183. The van der Waals surface area contributed by atoms with Crippen molar-refractivity contribution in [1.82, 2.24) is 25.8 Å². The van der Waals surface area contributed by atoms with Gasteiger partial charge in [0, 0.05) is 56.7 Å². The molecule has 3 N–H and O–H groups in total. The van der Waals surface area contributed by atoms with Gasteiger partial charge in [-0.2, -0.15) is 0 Å². The number of hydrogen-bond donors (Lipinski definition) is 3. The van der Waals surface area contributed by atoms with Gasteiger partial charge in [-0.15, -0.1) is 0 Å². The molecule has 2 saturated heterocycles. The van der Waals surface area contributed by atoms with Crippen LogP contribution in [0, 0.1) is 11.2 Å². The third-order valence-corrected chi connectivity index (χ3v) is 7.45. The molecule has 1 aromatic carbocycles. The number of nitrogens with one attached hydrogen (secondary N) is 3. The maximum absolute atomic E-state index is 14.6.